The van der Waals surface area contributed by atoms with E-state index in [1.807, 2.05) is 36.0 Å². The Kier molecular flexibility index (Phi) is 7.97. The SMILES string of the molecule is I.NC(=NCC=Cc1ccccc1)N1CCSCC1. The van der Waals surface area contributed by atoms with Crippen molar-refractivity contribution in [3.05, 3.63) is 42.0 Å². The lowest BCUT2D eigenvalue weighted by molar-refractivity contribution is 0.456. The van der Waals surface area contributed by atoms with Crippen LogP contribution >= 0.6 is 35.7 Å². The van der Waals surface area contributed by atoms with Gasteiger partial charge in [0.1, 0.15) is 0 Å². The van der Waals surface area contributed by atoms with Crippen LogP contribution in [0.15, 0.2) is 41.4 Å². The third-order valence-electron chi connectivity index (χ3n) is 2.80. The topological polar surface area (TPSA) is 41.6 Å². The van der Waals surface area contributed by atoms with E-state index in [1.165, 1.54) is 5.56 Å². The van der Waals surface area contributed by atoms with Crippen molar-refractivity contribution in [2.75, 3.05) is 31.1 Å². The highest BCUT2D eigenvalue weighted by Gasteiger charge is 2.11. The molecule has 1 heterocycles. The van der Waals surface area contributed by atoms with Gasteiger partial charge in [0.25, 0.3) is 0 Å². The van der Waals surface area contributed by atoms with E-state index >= 15 is 0 Å². The number of hydrogen-bond acceptors (Lipinski definition) is 2. The molecule has 1 aromatic carbocycles. The number of halogens is 1. The van der Waals surface area contributed by atoms with Gasteiger partial charge < -0.3 is 10.6 Å². The van der Waals surface area contributed by atoms with Crippen LogP contribution in [0.2, 0.25) is 0 Å². The number of nitrogens with zero attached hydrogens (tertiary/aromatic N) is 2. The maximum Gasteiger partial charge on any atom is 0.191 e. The van der Waals surface area contributed by atoms with E-state index in [1.54, 1.807) is 0 Å². The minimum atomic E-state index is 0. The quantitative estimate of drug-likeness (QED) is 0.491. The Bertz CT molecular complexity index is 414. The minimum absolute atomic E-state index is 0. The highest BCUT2D eigenvalue weighted by molar-refractivity contribution is 14.0. The lowest BCUT2D eigenvalue weighted by Gasteiger charge is -2.27. The monoisotopic (exact) mass is 389 g/mol. The van der Waals surface area contributed by atoms with Crippen molar-refractivity contribution >= 4 is 47.8 Å². The van der Waals surface area contributed by atoms with Crippen molar-refractivity contribution < 1.29 is 0 Å². The molecule has 0 radical (unpaired) electrons. The molecule has 0 aromatic heterocycles. The maximum atomic E-state index is 5.96. The Labute approximate surface area is 136 Å². The van der Waals surface area contributed by atoms with E-state index in [4.69, 9.17) is 5.73 Å². The molecule has 5 heteroatoms. The summed E-state index contributed by atoms with van der Waals surface area (Å²) in [5, 5.41) is 0. The molecule has 1 saturated heterocycles. The average molecular weight is 389 g/mol. The lowest BCUT2D eigenvalue weighted by Crippen LogP contribution is -2.42. The van der Waals surface area contributed by atoms with Gasteiger partial charge in [0.15, 0.2) is 5.96 Å². The fraction of sp³-hybridized carbons (Fsp3) is 0.357. The number of rotatable bonds is 3. The summed E-state index contributed by atoms with van der Waals surface area (Å²) >= 11 is 1.98. The molecule has 0 atom stereocenters. The second kappa shape index (κ2) is 9.25. The Morgan fingerprint density at radius 1 is 1.26 bits per heavy atom. The molecular formula is C14H20IN3S. The van der Waals surface area contributed by atoms with Crippen LogP contribution in [0.1, 0.15) is 5.56 Å². The highest BCUT2D eigenvalue weighted by Crippen LogP contribution is 2.08. The first-order valence-corrected chi connectivity index (χ1v) is 7.36. The maximum absolute atomic E-state index is 5.96. The number of guanidine groups is 1. The van der Waals surface area contributed by atoms with Crippen LogP contribution in [0.3, 0.4) is 0 Å². The third-order valence-corrected chi connectivity index (χ3v) is 3.75. The summed E-state index contributed by atoms with van der Waals surface area (Å²) in [6.45, 7) is 2.68. The Morgan fingerprint density at radius 2 is 1.95 bits per heavy atom. The molecule has 3 nitrogen and oxygen atoms in total. The van der Waals surface area contributed by atoms with Crippen molar-refractivity contribution in [2.24, 2.45) is 10.7 Å². The van der Waals surface area contributed by atoms with E-state index in [0.29, 0.717) is 12.5 Å². The second-order valence-electron chi connectivity index (χ2n) is 4.11. The van der Waals surface area contributed by atoms with Crippen LogP contribution in [0.5, 0.6) is 0 Å². The van der Waals surface area contributed by atoms with Gasteiger partial charge in [0.05, 0.1) is 6.54 Å². The molecule has 0 bridgehead atoms. The van der Waals surface area contributed by atoms with Gasteiger partial charge in [-0.05, 0) is 5.56 Å². The van der Waals surface area contributed by atoms with Crippen LogP contribution in [-0.2, 0) is 0 Å². The zero-order chi connectivity index (χ0) is 12.6. The van der Waals surface area contributed by atoms with Gasteiger partial charge in [0.2, 0.25) is 0 Å². The van der Waals surface area contributed by atoms with Crippen LogP contribution in [0.4, 0.5) is 0 Å². The van der Waals surface area contributed by atoms with Gasteiger partial charge in [-0.3, -0.25) is 0 Å². The molecule has 0 unspecified atom stereocenters. The smallest absolute Gasteiger partial charge is 0.191 e. The van der Waals surface area contributed by atoms with Gasteiger partial charge in [-0.2, -0.15) is 11.8 Å². The molecule has 2 rings (SSSR count). The molecule has 1 aromatic rings. The Hall–Kier alpha value is -0.690. The number of hydrogen-bond donors (Lipinski definition) is 1. The van der Waals surface area contributed by atoms with Gasteiger partial charge in [-0.15, -0.1) is 24.0 Å². The van der Waals surface area contributed by atoms with E-state index in [9.17, 15) is 0 Å². The number of aliphatic imine (C=N–C) groups is 1. The molecular weight excluding hydrogens is 369 g/mol. The molecule has 1 aliphatic heterocycles. The van der Waals surface area contributed by atoms with Crippen molar-refractivity contribution in [2.45, 2.75) is 0 Å². The highest BCUT2D eigenvalue weighted by atomic mass is 127. The van der Waals surface area contributed by atoms with Gasteiger partial charge in [-0.25, -0.2) is 4.99 Å². The first kappa shape index (κ1) is 16.4. The van der Waals surface area contributed by atoms with Crippen molar-refractivity contribution in [3.8, 4) is 0 Å². The third kappa shape index (κ3) is 5.86. The average Bonchev–Trinajstić information content (AvgIpc) is 2.45. The molecule has 1 aliphatic rings. The molecule has 0 saturated carbocycles. The van der Waals surface area contributed by atoms with E-state index in [2.05, 4.69) is 28.1 Å². The summed E-state index contributed by atoms with van der Waals surface area (Å²) in [7, 11) is 0. The largest absolute Gasteiger partial charge is 0.370 e. The summed E-state index contributed by atoms with van der Waals surface area (Å²) in [6.07, 6.45) is 4.11. The van der Waals surface area contributed by atoms with Crippen molar-refractivity contribution in [1.82, 2.24) is 4.90 Å². The fourth-order valence-electron chi connectivity index (χ4n) is 1.79. The molecule has 0 amide bonds. The summed E-state index contributed by atoms with van der Waals surface area (Å²) in [4.78, 5) is 6.55. The van der Waals surface area contributed by atoms with Crippen LogP contribution in [-0.4, -0.2) is 42.0 Å². The molecule has 0 spiro atoms. The Balaban J connectivity index is 0.00000180. The first-order valence-electron chi connectivity index (χ1n) is 6.20. The predicted molar refractivity (Wildman–Crippen MR) is 96.3 cm³/mol. The number of nitrogens with two attached hydrogens (primary N) is 1. The van der Waals surface area contributed by atoms with E-state index < -0.39 is 0 Å². The van der Waals surface area contributed by atoms with E-state index in [0.717, 1.165) is 24.6 Å². The van der Waals surface area contributed by atoms with Gasteiger partial charge in [-0.1, -0.05) is 42.5 Å². The summed E-state index contributed by atoms with van der Waals surface area (Å²) in [6, 6.07) is 10.2. The van der Waals surface area contributed by atoms with Crippen molar-refractivity contribution in [3.63, 3.8) is 0 Å². The number of benzene rings is 1. The molecule has 2 N–H and O–H groups in total. The van der Waals surface area contributed by atoms with Crippen molar-refractivity contribution in [1.29, 1.82) is 0 Å². The normalized spacial score (nSPS) is 16.4. The van der Waals surface area contributed by atoms with Crippen LogP contribution < -0.4 is 5.73 Å². The fourth-order valence-corrected chi connectivity index (χ4v) is 2.69. The summed E-state index contributed by atoms with van der Waals surface area (Å²) < 4.78 is 0. The number of thioether (sulfide) groups is 1. The first-order chi connectivity index (χ1) is 8.86. The van der Waals surface area contributed by atoms with E-state index in [-0.39, 0.29) is 24.0 Å². The Morgan fingerprint density at radius 3 is 2.63 bits per heavy atom. The minimum Gasteiger partial charge on any atom is -0.370 e. The van der Waals surface area contributed by atoms with Gasteiger partial charge in [0, 0.05) is 24.6 Å². The molecule has 19 heavy (non-hydrogen) atoms. The predicted octanol–water partition coefficient (Wildman–Crippen LogP) is 2.68. The van der Waals surface area contributed by atoms with Gasteiger partial charge >= 0.3 is 0 Å². The summed E-state index contributed by atoms with van der Waals surface area (Å²) in [5.41, 5.74) is 7.16. The standard InChI is InChI=1S/C14H19N3S.HI/c15-14(17-9-11-18-12-10-17)16-8-4-7-13-5-2-1-3-6-13;/h1-7H,8-12H2,(H2,15,16);1H. The van der Waals surface area contributed by atoms with Crippen LogP contribution in [0, 0.1) is 0 Å². The zero-order valence-electron chi connectivity index (χ0n) is 10.9. The molecule has 104 valence electrons. The second-order valence-corrected chi connectivity index (χ2v) is 5.34. The molecule has 0 aliphatic carbocycles. The lowest BCUT2D eigenvalue weighted by atomic mass is 10.2. The molecule has 1 fully saturated rings. The zero-order valence-corrected chi connectivity index (χ0v) is 14.0. The summed E-state index contributed by atoms with van der Waals surface area (Å²) in [5.74, 6) is 2.97. The van der Waals surface area contributed by atoms with Crippen LogP contribution in [0.25, 0.3) is 6.08 Å².